The molecule has 8 heteroatoms. The highest BCUT2D eigenvalue weighted by Crippen LogP contribution is 2.60. The zero-order chi connectivity index (χ0) is 20.4. The molecular weight excluding hydrogens is 374 g/mol. The fourth-order valence-electron chi connectivity index (χ4n) is 5.81. The van der Waals surface area contributed by atoms with Crippen LogP contribution in [-0.4, -0.2) is 36.5 Å². The van der Waals surface area contributed by atoms with Crippen LogP contribution in [0, 0.1) is 33.3 Å². The lowest BCUT2D eigenvalue weighted by atomic mass is 9.49. The van der Waals surface area contributed by atoms with Crippen molar-refractivity contribution in [1.29, 1.82) is 0 Å². The monoisotopic (exact) mass is 401 g/mol. The standard InChI is InChI=1S/C21H27N3O5/c25-19(23-6-5-22-17-1-3-18(4-2-17)24(27)28)13-29-20(26)21-10-14-7-15(11-21)9-16(8-14)12-21/h1-4,14-16,22H,5-13H2,(H,23,25). The third-order valence-corrected chi connectivity index (χ3v) is 6.66. The number of benzene rings is 1. The van der Waals surface area contributed by atoms with E-state index in [-0.39, 0.29) is 29.6 Å². The van der Waals surface area contributed by atoms with Gasteiger partial charge in [0.1, 0.15) is 0 Å². The topological polar surface area (TPSA) is 111 Å². The van der Waals surface area contributed by atoms with Gasteiger partial charge in [-0.3, -0.25) is 19.7 Å². The zero-order valence-electron chi connectivity index (χ0n) is 16.4. The van der Waals surface area contributed by atoms with Gasteiger partial charge in [-0.2, -0.15) is 0 Å². The van der Waals surface area contributed by atoms with E-state index in [0.717, 1.165) is 24.9 Å². The molecule has 1 aromatic carbocycles. The molecule has 4 aliphatic rings. The summed E-state index contributed by atoms with van der Waals surface area (Å²) in [5.74, 6) is 1.48. The molecule has 0 radical (unpaired) electrons. The van der Waals surface area contributed by atoms with Gasteiger partial charge in [-0.05, 0) is 68.4 Å². The number of anilines is 1. The number of nitro groups is 1. The number of non-ortho nitro benzene ring substituents is 1. The fourth-order valence-corrected chi connectivity index (χ4v) is 5.81. The number of nitro benzene ring substituents is 1. The second-order valence-electron chi connectivity index (χ2n) is 8.85. The van der Waals surface area contributed by atoms with Crippen LogP contribution >= 0.6 is 0 Å². The minimum atomic E-state index is -0.450. The maximum absolute atomic E-state index is 12.7. The fraction of sp³-hybridized carbons (Fsp3) is 0.619. The minimum Gasteiger partial charge on any atom is -0.455 e. The predicted octanol–water partition coefficient (Wildman–Crippen LogP) is 2.88. The molecule has 0 aromatic heterocycles. The number of carbonyl (C=O) groups is 2. The van der Waals surface area contributed by atoms with Crippen molar-refractivity contribution < 1.29 is 19.2 Å². The van der Waals surface area contributed by atoms with E-state index in [4.69, 9.17) is 4.74 Å². The summed E-state index contributed by atoms with van der Waals surface area (Å²) < 4.78 is 5.40. The largest absolute Gasteiger partial charge is 0.455 e. The maximum Gasteiger partial charge on any atom is 0.312 e. The number of nitrogens with zero attached hydrogens (tertiary/aromatic N) is 1. The summed E-state index contributed by atoms with van der Waals surface area (Å²) in [4.78, 5) is 34.9. The molecule has 0 aliphatic heterocycles. The summed E-state index contributed by atoms with van der Waals surface area (Å²) >= 11 is 0. The SMILES string of the molecule is O=C(COC(=O)C12CC3CC(CC(C3)C1)C2)NCCNc1ccc([N+](=O)[O-])cc1. The smallest absolute Gasteiger partial charge is 0.312 e. The number of ether oxygens (including phenoxy) is 1. The molecule has 1 aromatic rings. The Morgan fingerprint density at radius 3 is 2.17 bits per heavy atom. The van der Waals surface area contributed by atoms with Gasteiger partial charge in [0.15, 0.2) is 6.61 Å². The first-order valence-electron chi connectivity index (χ1n) is 10.4. The molecule has 5 rings (SSSR count). The first kappa shape index (κ1) is 19.7. The first-order chi connectivity index (χ1) is 13.9. The maximum atomic E-state index is 12.7. The Morgan fingerprint density at radius 1 is 1.03 bits per heavy atom. The van der Waals surface area contributed by atoms with Crippen molar-refractivity contribution in [2.75, 3.05) is 25.0 Å². The number of hydrogen-bond acceptors (Lipinski definition) is 6. The Kier molecular flexibility index (Phi) is 5.43. The Morgan fingerprint density at radius 2 is 1.62 bits per heavy atom. The van der Waals surface area contributed by atoms with Crippen molar-refractivity contribution in [1.82, 2.24) is 5.32 Å². The first-order valence-corrected chi connectivity index (χ1v) is 10.4. The molecule has 0 unspecified atom stereocenters. The quantitative estimate of drug-likeness (QED) is 0.300. The van der Waals surface area contributed by atoms with E-state index in [9.17, 15) is 19.7 Å². The average molecular weight is 401 g/mol. The van der Waals surface area contributed by atoms with Crippen LogP contribution in [0.25, 0.3) is 0 Å². The molecule has 0 atom stereocenters. The molecule has 4 fully saturated rings. The molecule has 2 N–H and O–H groups in total. The lowest BCUT2D eigenvalue weighted by Gasteiger charge is -2.55. The third-order valence-electron chi connectivity index (χ3n) is 6.66. The summed E-state index contributed by atoms with van der Waals surface area (Å²) in [6.07, 6.45) is 6.56. The molecule has 0 saturated heterocycles. The minimum absolute atomic E-state index is 0.0321. The number of carbonyl (C=O) groups excluding carboxylic acids is 2. The van der Waals surface area contributed by atoms with E-state index < -0.39 is 4.92 Å². The van der Waals surface area contributed by atoms with Crippen LogP contribution in [0.5, 0.6) is 0 Å². The van der Waals surface area contributed by atoms with Gasteiger partial charge in [-0.15, -0.1) is 0 Å². The van der Waals surface area contributed by atoms with Crippen molar-refractivity contribution in [3.8, 4) is 0 Å². The van der Waals surface area contributed by atoms with E-state index in [1.165, 1.54) is 31.4 Å². The van der Waals surface area contributed by atoms with Gasteiger partial charge in [-0.25, -0.2) is 0 Å². The highest BCUT2D eigenvalue weighted by molar-refractivity contribution is 5.83. The highest BCUT2D eigenvalue weighted by atomic mass is 16.6. The molecule has 4 bridgehead atoms. The molecule has 0 spiro atoms. The number of rotatable bonds is 8. The van der Waals surface area contributed by atoms with Gasteiger partial charge in [0, 0.05) is 30.9 Å². The van der Waals surface area contributed by atoms with Crippen molar-refractivity contribution >= 4 is 23.3 Å². The van der Waals surface area contributed by atoms with Crippen molar-refractivity contribution in [2.24, 2.45) is 23.2 Å². The zero-order valence-corrected chi connectivity index (χ0v) is 16.4. The van der Waals surface area contributed by atoms with E-state index in [2.05, 4.69) is 10.6 Å². The van der Waals surface area contributed by atoms with Crippen molar-refractivity contribution in [3.63, 3.8) is 0 Å². The van der Waals surface area contributed by atoms with Crippen LogP contribution in [0.15, 0.2) is 24.3 Å². The summed E-state index contributed by atoms with van der Waals surface area (Å²) in [6.45, 7) is 0.593. The van der Waals surface area contributed by atoms with E-state index >= 15 is 0 Å². The van der Waals surface area contributed by atoms with Crippen LogP contribution in [0.3, 0.4) is 0 Å². The molecule has 156 valence electrons. The van der Waals surface area contributed by atoms with Gasteiger partial charge in [0.2, 0.25) is 0 Å². The number of amides is 1. The lowest BCUT2D eigenvalue weighted by molar-refractivity contribution is -0.384. The van der Waals surface area contributed by atoms with E-state index in [1.807, 2.05) is 0 Å². The summed E-state index contributed by atoms with van der Waals surface area (Å²) in [5, 5.41) is 16.4. The Balaban J connectivity index is 1.16. The van der Waals surface area contributed by atoms with Crippen LogP contribution < -0.4 is 10.6 Å². The van der Waals surface area contributed by atoms with Crippen LogP contribution in [0.2, 0.25) is 0 Å². The number of esters is 1. The Labute approximate surface area is 169 Å². The Bertz CT molecular complexity index is 757. The van der Waals surface area contributed by atoms with Gasteiger partial charge in [0.05, 0.1) is 10.3 Å². The van der Waals surface area contributed by atoms with Crippen molar-refractivity contribution in [2.45, 2.75) is 38.5 Å². The molecule has 4 aliphatic carbocycles. The molecule has 0 heterocycles. The van der Waals surface area contributed by atoms with Gasteiger partial charge >= 0.3 is 5.97 Å². The van der Waals surface area contributed by atoms with E-state index in [0.29, 0.717) is 30.8 Å². The molecule has 8 nitrogen and oxygen atoms in total. The summed E-state index contributed by atoms with van der Waals surface area (Å²) in [6, 6.07) is 6.08. The van der Waals surface area contributed by atoms with Crippen molar-refractivity contribution in [3.05, 3.63) is 34.4 Å². The van der Waals surface area contributed by atoms with Crippen LogP contribution in [0.1, 0.15) is 38.5 Å². The van der Waals surface area contributed by atoms with Gasteiger partial charge in [-0.1, -0.05) is 0 Å². The van der Waals surface area contributed by atoms with E-state index in [1.54, 1.807) is 12.1 Å². The Hall–Kier alpha value is -2.64. The second-order valence-corrected chi connectivity index (χ2v) is 8.85. The third kappa shape index (κ3) is 4.36. The molecule has 1 amide bonds. The van der Waals surface area contributed by atoms with Gasteiger partial charge in [0.25, 0.3) is 11.6 Å². The molecule has 29 heavy (non-hydrogen) atoms. The summed E-state index contributed by atoms with van der Waals surface area (Å²) in [5.41, 5.74) is 0.426. The number of nitrogens with one attached hydrogen (secondary N) is 2. The average Bonchev–Trinajstić information content (AvgIpc) is 2.68. The molecular formula is C21H27N3O5. The predicted molar refractivity (Wildman–Crippen MR) is 106 cm³/mol. The lowest BCUT2D eigenvalue weighted by Crippen LogP contribution is -2.51. The highest BCUT2D eigenvalue weighted by Gasteiger charge is 2.55. The van der Waals surface area contributed by atoms with Crippen LogP contribution in [0.4, 0.5) is 11.4 Å². The van der Waals surface area contributed by atoms with Crippen LogP contribution in [-0.2, 0) is 14.3 Å². The second kappa shape index (κ2) is 8.00. The van der Waals surface area contributed by atoms with Gasteiger partial charge < -0.3 is 15.4 Å². The summed E-state index contributed by atoms with van der Waals surface area (Å²) in [7, 11) is 0. The molecule has 4 saturated carbocycles. The number of hydrogen-bond donors (Lipinski definition) is 2. The normalized spacial score (nSPS) is 29.3.